The molecule has 1 aliphatic rings. The van der Waals surface area contributed by atoms with Crippen molar-refractivity contribution in [2.24, 2.45) is 0 Å². The zero-order chi connectivity index (χ0) is 15.7. The maximum absolute atomic E-state index is 11.7. The Hall–Kier alpha value is -1.81. The van der Waals surface area contributed by atoms with E-state index in [2.05, 4.69) is 19.2 Å². The molecule has 1 N–H and O–H groups in total. The molecule has 0 atom stereocenters. The van der Waals surface area contributed by atoms with Crippen molar-refractivity contribution >= 4 is 16.8 Å². The van der Waals surface area contributed by atoms with Crippen LogP contribution in [0.1, 0.15) is 50.6 Å². The smallest absolute Gasteiger partial charge is 0.197 e. The first-order chi connectivity index (χ1) is 10.5. The highest BCUT2D eigenvalue weighted by Crippen LogP contribution is 2.29. The van der Waals surface area contributed by atoms with Gasteiger partial charge in [-0.25, -0.2) is 0 Å². The van der Waals surface area contributed by atoms with Gasteiger partial charge in [-0.2, -0.15) is 0 Å². The maximum Gasteiger partial charge on any atom is 0.197 e. The third kappa shape index (κ3) is 3.17. The molecule has 0 saturated heterocycles. The summed E-state index contributed by atoms with van der Waals surface area (Å²) >= 11 is 0. The van der Waals surface area contributed by atoms with E-state index in [-0.39, 0.29) is 11.9 Å². The Morgan fingerprint density at radius 3 is 2.82 bits per heavy atom. The van der Waals surface area contributed by atoms with Gasteiger partial charge in [-0.05, 0) is 31.0 Å². The molecule has 0 spiro atoms. The van der Waals surface area contributed by atoms with Crippen LogP contribution in [0.2, 0.25) is 0 Å². The third-order valence-electron chi connectivity index (χ3n) is 4.05. The number of carbonyl (C=O) groups excluding carboxylic acids is 1. The number of Topliss-reactive ketones (excluding diaryl/α,β-unsaturated/α-hetero) is 1. The van der Waals surface area contributed by atoms with Crippen molar-refractivity contribution in [3.63, 3.8) is 0 Å². The number of ether oxygens (including phenoxy) is 1. The normalized spacial score (nSPS) is 21.1. The summed E-state index contributed by atoms with van der Waals surface area (Å²) in [6.07, 6.45) is 2.79. The van der Waals surface area contributed by atoms with Gasteiger partial charge in [0.1, 0.15) is 17.4 Å². The highest BCUT2D eigenvalue weighted by atomic mass is 16.5. The molecule has 0 radical (unpaired) electrons. The number of furan rings is 1. The van der Waals surface area contributed by atoms with Crippen LogP contribution in [-0.4, -0.2) is 24.0 Å². The number of ketones is 1. The lowest BCUT2D eigenvalue weighted by molar-refractivity contribution is 0.0815. The first-order valence-electron chi connectivity index (χ1n) is 8.04. The van der Waals surface area contributed by atoms with Gasteiger partial charge in [-0.3, -0.25) is 4.79 Å². The molecule has 118 valence electrons. The van der Waals surface area contributed by atoms with E-state index >= 15 is 0 Å². The van der Waals surface area contributed by atoms with Crippen LogP contribution in [0.3, 0.4) is 0 Å². The fourth-order valence-corrected chi connectivity index (χ4v) is 2.86. The van der Waals surface area contributed by atoms with E-state index in [0.717, 1.165) is 24.0 Å². The van der Waals surface area contributed by atoms with Crippen LogP contribution < -0.4 is 10.1 Å². The van der Waals surface area contributed by atoms with Crippen LogP contribution in [0.5, 0.6) is 5.75 Å². The van der Waals surface area contributed by atoms with Crippen molar-refractivity contribution in [3.8, 4) is 5.75 Å². The van der Waals surface area contributed by atoms with E-state index in [4.69, 9.17) is 9.15 Å². The Bertz CT molecular complexity index is 668. The highest BCUT2D eigenvalue weighted by molar-refractivity contribution is 5.97. The molecule has 1 aliphatic carbocycles. The largest absolute Gasteiger partial charge is 0.490 e. The number of hydrogen-bond donors (Lipinski definition) is 1. The number of hydrogen-bond acceptors (Lipinski definition) is 4. The number of nitrogens with one attached hydrogen (secondary N) is 1. The van der Waals surface area contributed by atoms with Crippen molar-refractivity contribution in [1.29, 1.82) is 0 Å². The zero-order valence-electron chi connectivity index (χ0n) is 13.4. The van der Waals surface area contributed by atoms with Gasteiger partial charge in [-0.1, -0.05) is 20.8 Å². The second-order valence-electron chi connectivity index (χ2n) is 6.32. The fraction of sp³-hybridized carbons (Fsp3) is 0.500. The molecule has 1 aromatic carbocycles. The quantitative estimate of drug-likeness (QED) is 0.821. The van der Waals surface area contributed by atoms with Crippen LogP contribution in [0.4, 0.5) is 0 Å². The first-order valence-corrected chi connectivity index (χ1v) is 8.04. The summed E-state index contributed by atoms with van der Waals surface area (Å²) in [5, 5.41) is 4.45. The molecule has 1 fully saturated rings. The van der Waals surface area contributed by atoms with E-state index in [9.17, 15) is 4.79 Å². The van der Waals surface area contributed by atoms with E-state index < -0.39 is 0 Å². The minimum absolute atomic E-state index is 0.0280. The molecule has 4 heteroatoms. The van der Waals surface area contributed by atoms with Gasteiger partial charge in [-0.15, -0.1) is 0 Å². The van der Waals surface area contributed by atoms with Crippen LogP contribution in [0.15, 0.2) is 28.7 Å². The summed E-state index contributed by atoms with van der Waals surface area (Å²) in [5.41, 5.74) is 0.713. The molecular formula is C18H23NO3. The predicted octanol–water partition coefficient (Wildman–Crippen LogP) is 3.93. The molecule has 1 saturated carbocycles. The van der Waals surface area contributed by atoms with Crippen LogP contribution in [0.25, 0.3) is 11.0 Å². The molecule has 1 aromatic heterocycles. The fourth-order valence-electron chi connectivity index (χ4n) is 2.86. The Morgan fingerprint density at radius 1 is 1.36 bits per heavy atom. The SMILES string of the molecule is CCC(=O)c1cc2ccc(OC3CC(NC(C)C)C3)cc2o1. The molecule has 0 bridgehead atoms. The van der Waals surface area contributed by atoms with E-state index in [1.54, 1.807) is 6.07 Å². The molecule has 0 aliphatic heterocycles. The Labute approximate surface area is 130 Å². The first kappa shape index (κ1) is 15.1. The lowest BCUT2D eigenvalue weighted by atomic mass is 9.88. The monoisotopic (exact) mass is 301 g/mol. The van der Waals surface area contributed by atoms with Gasteiger partial charge < -0.3 is 14.5 Å². The maximum atomic E-state index is 11.7. The molecule has 3 rings (SSSR count). The Balaban J connectivity index is 1.64. The summed E-state index contributed by atoms with van der Waals surface area (Å²) in [4.78, 5) is 11.7. The lowest BCUT2D eigenvalue weighted by Crippen LogP contribution is -2.49. The van der Waals surface area contributed by atoms with Gasteiger partial charge in [0.05, 0.1) is 0 Å². The number of carbonyl (C=O) groups is 1. The van der Waals surface area contributed by atoms with Crippen LogP contribution in [0, 0.1) is 0 Å². The molecule has 0 amide bonds. The van der Waals surface area contributed by atoms with Crippen molar-refractivity contribution in [2.75, 3.05) is 0 Å². The standard InChI is InChI=1S/C18H23NO3/c1-4-16(20)18-7-12-5-6-14(10-17(12)22-18)21-15-8-13(9-15)19-11(2)3/h5-7,10-11,13,15,19H,4,8-9H2,1-3H3. The summed E-state index contributed by atoms with van der Waals surface area (Å²) in [5.74, 6) is 1.27. The molecule has 4 nitrogen and oxygen atoms in total. The minimum atomic E-state index is 0.0280. The highest BCUT2D eigenvalue weighted by Gasteiger charge is 2.31. The van der Waals surface area contributed by atoms with Crippen molar-refractivity contribution in [1.82, 2.24) is 5.32 Å². The van der Waals surface area contributed by atoms with Gasteiger partial charge in [0, 0.05) is 30.0 Å². The van der Waals surface area contributed by atoms with E-state index in [1.807, 2.05) is 25.1 Å². The second-order valence-corrected chi connectivity index (χ2v) is 6.32. The molecule has 0 unspecified atom stereocenters. The van der Waals surface area contributed by atoms with Crippen molar-refractivity contribution in [2.45, 2.75) is 58.2 Å². The Morgan fingerprint density at radius 2 is 2.14 bits per heavy atom. The van der Waals surface area contributed by atoms with E-state index in [1.165, 1.54) is 0 Å². The number of fused-ring (bicyclic) bond motifs is 1. The topological polar surface area (TPSA) is 51.5 Å². The van der Waals surface area contributed by atoms with Gasteiger partial charge in [0.15, 0.2) is 11.5 Å². The van der Waals surface area contributed by atoms with Crippen LogP contribution >= 0.6 is 0 Å². The summed E-state index contributed by atoms with van der Waals surface area (Å²) in [6.45, 7) is 6.16. The summed E-state index contributed by atoms with van der Waals surface area (Å²) < 4.78 is 11.6. The molecule has 1 heterocycles. The third-order valence-corrected chi connectivity index (χ3v) is 4.05. The van der Waals surface area contributed by atoms with Crippen molar-refractivity contribution in [3.05, 3.63) is 30.0 Å². The van der Waals surface area contributed by atoms with E-state index in [0.29, 0.717) is 29.8 Å². The van der Waals surface area contributed by atoms with Crippen LogP contribution in [-0.2, 0) is 0 Å². The molecule has 2 aromatic rings. The minimum Gasteiger partial charge on any atom is -0.490 e. The average molecular weight is 301 g/mol. The second kappa shape index (κ2) is 6.13. The zero-order valence-corrected chi connectivity index (χ0v) is 13.4. The predicted molar refractivity (Wildman–Crippen MR) is 86.5 cm³/mol. The number of rotatable bonds is 6. The lowest BCUT2D eigenvalue weighted by Gasteiger charge is -2.37. The molecule has 22 heavy (non-hydrogen) atoms. The van der Waals surface area contributed by atoms with Gasteiger partial charge >= 0.3 is 0 Å². The summed E-state index contributed by atoms with van der Waals surface area (Å²) in [6, 6.07) is 8.65. The average Bonchev–Trinajstić information content (AvgIpc) is 2.86. The van der Waals surface area contributed by atoms with Gasteiger partial charge in [0.2, 0.25) is 0 Å². The number of benzene rings is 1. The van der Waals surface area contributed by atoms with Gasteiger partial charge in [0.25, 0.3) is 0 Å². The Kier molecular flexibility index (Phi) is 4.21. The molecular weight excluding hydrogens is 278 g/mol. The summed E-state index contributed by atoms with van der Waals surface area (Å²) in [7, 11) is 0. The van der Waals surface area contributed by atoms with Crippen molar-refractivity contribution < 1.29 is 13.9 Å².